The van der Waals surface area contributed by atoms with E-state index >= 15 is 0 Å². The second kappa shape index (κ2) is 4.98. The number of anilines is 1. The first kappa shape index (κ1) is 12.3. The zero-order valence-electron chi connectivity index (χ0n) is 10.2. The first-order valence-electron chi connectivity index (χ1n) is 5.85. The summed E-state index contributed by atoms with van der Waals surface area (Å²) in [6.07, 6.45) is 1.70. The number of halogens is 1. The highest BCUT2D eigenvalue weighted by molar-refractivity contribution is 5.44. The Kier molecular flexibility index (Phi) is 3.59. The molecule has 0 bridgehead atoms. The predicted octanol–water partition coefficient (Wildman–Crippen LogP) is 1.29. The molecular weight excluding hydrogens is 221 g/mol. The van der Waals surface area contributed by atoms with Crippen molar-refractivity contribution in [2.45, 2.75) is 32.5 Å². The third-order valence-corrected chi connectivity index (χ3v) is 3.05. The van der Waals surface area contributed by atoms with Crippen molar-refractivity contribution in [3.63, 3.8) is 0 Å². The van der Waals surface area contributed by atoms with Crippen molar-refractivity contribution in [1.29, 1.82) is 0 Å². The number of nitrogens with zero attached hydrogens (tertiary/aromatic N) is 2. The smallest absolute Gasteiger partial charge is 0.170 e. The van der Waals surface area contributed by atoms with Gasteiger partial charge in [0.1, 0.15) is 0 Å². The minimum Gasteiger partial charge on any atom is -0.375 e. The van der Waals surface area contributed by atoms with E-state index in [0.717, 1.165) is 0 Å². The predicted molar refractivity (Wildman–Crippen MR) is 64.3 cm³/mol. The molecule has 0 spiro atoms. The summed E-state index contributed by atoms with van der Waals surface area (Å²) in [6, 6.07) is 1.74. The first-order valence-corrected chi connectivity index (χ1v) is 5.85. The van der Waals surface area contributed by atoms with E-state index in [1.165, 1.54) is 0 Å². The number of nitrogens with two attached hydrogens (primary N) is 1. The van der Waals surface area contributed by atoms with Gasteiger partial charge in [-0.25, -0.2) is 9.37 Å². The Bertz CT molecular complexity index is 399. The molecule has 1 saturated heterocycles. The molecular formula is C12H18FN3O. The average molecular weight is 239 g/mol. The van der Waals surface area contributed by atoms with Gasteiger partial charge < -0.3 is 15.4 Å². The Morgan fingerprint density at radius 3 is 3.06 bits per heavy atom. The number of hydrogen-bond donors (Lipinski definition) is 1. The lowest BCUT2D eigenvalue weighted by Crippen LogP contribution is -2.48. The molecule has 2 unspecified atom stereocenters. The molecule has 1 aromatic rings. The SMILES string of the molecule is CC1CN(c2nccc(CN)c2F)C(C)CO1. The van der Waals surface area contributed by atoms with Crippen molar-refractivity contribution >= 4 is 5.82 Å². The molecule has 2 N–H and O–H groups in total. The molecule has 1 aromatic heterocycles. The topological polar surface area (TPSA) is 51.4 Å². The van der Waals surface area contributed by atoms with Gasteiger partial charge in [0.05, 0.1) is 18.8 Å². The minimum atomic E-state index is -0.309. The third kappa shape index (κ3) is 2.40. The highest BCUT2D eigenvalue weighted by atomic mass is 19.1. The molecule has 1 aliphatic heterocycles. The van der Waals surface area contributed by atoms with Crippen LogP contribution in [0, 0.1) is 5.82 Å². The standard InChI is InChI=1S/C12H18FN3O/c1-8-7-17-9(2)6-16(8)12-11(13)10(5-14)3-4-15-12/h3-4,8-9H,5-7,14H2,1-2H3. The number of rotatable bonds is 2. The van der Waals surface area contributed by atoms with E-state index in [1.807, 2.05) is 18.7 Å². The van der Waals surface area contributed by atoms with Gasteiger partial charge in [-0.3, -0.25) is 0 Å². The molecule has 0 radical (unpaired) electrons. The monoisotopic (exact) mass is 239 g/mol. The fourth-order valence-corrected chi connectivity index (χ4v) is 2.03. The summed E-state index contributed by atoms with van der Waals surface area (Å²) in [4.78, 5) is 6.08. The van der Waals surface area contributed by atoms with E-state index in [1.54, 1.807) is 12.3 Å². The van der Waals surface area contributed by atoms with Crippen molar-refractivity contribution in [3.05, 3.63) is 23.6 Å². The van der Waals surface area contributed by atoms with Crippen LogP contribution < -0.4 is 10.6 Å². The maximum absolute atomic E-state index is 14.1. The first-order chi connectivity index (χ1) is 8.13. The van der Waals surface area contributed by atoms with Gasteiger partial charge >= 0.3 is 0 Å². The van der Waals surface area contributed by atoms with Gasteiger partial charge in [0.15, 0.2) is 11.6 Å². The molecule has 0 amide bonds. The highest BCUT2D eigenvalue weighted by Crippen LogP contribution is 2.24. The molecule has 94 valence electrons. The quantitative estimate of drug-likeness (QED) is 0.845. The largest absolute Gasteiger partial charge is 0.375 e. The van der Waals surface area contributed by atoms with Crippen LogP contribution in [0.2, 0.25) is 0 Å². The van der Waals surface area contributed by atoms with Crippen LogP contribution >= 0.6 is 0 Å². The van der Waals surface area contributed by atoms with Crippen molar-refractivity contribution < 1.29 is 9.13 Å². The fourth-order valence-electron chi connectivity index (χ4n) is 2.03. The Balaban J connectivity index is 2.32. The minimum absolute atomic E-state index is 0.0916. The Hall–Kier alpha value is -1.20. The molecule has 5 heteroatoms. The van der Waals surface area contributed by atoms with Crippen LogP contribution in [0.15, 0.2) is 12.3 Å². The molecule has 1 fully saturated rings. The molecule has 0 saturated carbocycles. The lowest BCUT2D eigenvalue weighted by molar-refractivity contribution is 0.0337. The molecule has 0 aliphatic carbocycles. The number of aromatic nitrogens is 1. The Labute approximate surface area is 101 Å². The van der Waals surface area contributed by atoms with Crippen LogP contribution in [-0.2, 0) is 11.3 Å². The summed E-state index contributed by atoms with van der Waals surface area (Å²) in [5, 5.41) is 0. The van der Waals surface area contributed by atoms with Gasteiger partial charge in [-0.05, 0) is 19.9 Å². The summed E-state index contributed by atoms with van der Waals surface area (Å²) in [5.74, 6) is 0.0755. The van der Waals surface area contributed by atoms with E-state index in [2.05, 4.69) is 4.98 Å². The van der Waals surface area contributed by atoms with Crippen molar-refractivity contribution in [1.82, 2.24) is 4.98 Å². The van der Waals surface area contributed by atoms with Crippen molar-refractivity contribution in [2.24, 2.45) is 5.73 Å². The summed E-state index contributed by atoms with van der Waals surface area (Å²) in [5.41, 5.74) is 6.00. The fraction of sp³-hybridized carbons (Fsp3) is 0.583. The van der Waals surface area contributed by atoms with Crippen LogP contribution in [0.3, 0.4) is 0 Å². The zero-order valence-corrected chi connectivity index (χ0v) is 10.2. The Morgan fingerprint density at radius 2 is 2.35 bits per heavy atom. The zero-order chi connectivity index (χ0) is 12.4. The number of hydrogen-bond acceptors (Lipinski definition) is 4. The maximum Gasteiger partial charge on any atom is 0.170 e. The molecule has 0 aromatic carbocycles. The van der Waals surface area contributed by atoms with Gasteiger partial charge in [0.25, 0.3) is 0 Å². The Morgan fingerprint density at radius 1 is 1.59 bits per heavy atom. The number of pyridine rings is 1. The summed E-state index contributed by atoms with van der Waals surface area (Å²) < 4.78 is 19.7. The van der Waals surface area contributed by atoms with Crippen LogP contribution in [0.1, 0.15) is 19.4 Å². The third-order valence-electron chi connectivity index (χ3n) is 3.05. The average Bonchev–Trinajstić information content (AvgIpc) is 2.33. The van der Waals surface area contributed by atoms with E-state index in [9.17, 15) is 4.39 Å². The second-order valence-electron chi connectivity index (χ2n) is 4.46. The maximum atomic E-state index is 14.1. The molecule has 4 nitrogen and oxygen atoms in total. The van der Waals surface area contributed by atoms with E-state index in [4.69, 9.17) is 10.5 Å². The lowest BCUT2D eigenvalue weighted by Gasteiger charge is -2.37. The van der Waals surface area contributed by atoms with Crippen LogP contribution in [-0.4, -0.2) is 30.3 Å². The van der Waals surface area contributed by atoms with Gasteiger partial charge in [0.2, 0.25) is 0 Å². The molecule has 2 rings (SSSR count). The summed E-state index contributed by atoms with van der Waals surface area (Å²) in [7, 11) is 0. The van der Waals surface area contributed by atoms with E-state index < -0.39 is 0 Å². The van der Waals surface area contributed by atoms with Crippen LogP contribution in [0.5, 0.6) is 0 Å². The summed E-state index contributed by atoms with van der Waals surface area (Å²) in [6.45, 7) is 5.41. The van der Waals surface area contributed by atoms with Crippen molar-refractivity contribution in [3.8, 4) is 0 Å². The highest BCUT2D eigenvalue weighted by Gasteiger charge is 2.27. The van der Waals surface area contributed by atoms with Gasteiger partial charge in [-0.1, -0.05) is 0 Å². The second-order valence-corrected chi connectivity index (χ2v) is 4.46. The van der Waals surface area contributed by atoms with Crippen molar-refractivity contribution in [2.75, 3.05) is 18.1 Å². The van der Waals surface area contributed by atoms with E-state index in [-0.39, 0.29) is 24.5 Å². The normalized spacial score (nSPS) is 25.1. The summed E-state index contributed by atoms with van der Waals surface area (Å²) >= 11 is 0. The van der Waals surface area contributed by atoms with Gasteiger partial charge in [0, 0.05) is 24.8 Å². The van der Waals surface area contributed by atoms with Gasteiger partial charge in [-0.2, -0.15) is 0 Å². The number of ether oxygens (including phenoxy) is 1. The molecule has 2 atom stereocenters. The molecule has 17 heavy (non-hydrogen) atoms. The van der Waals surface area contributed by atoms with Gasteiger partial charge in [-0.15, -0.1) is 0 Å². The van der Waals surface area contributed by atoms with Crippen LogP contribution in [0.4, 0.5) is 10.2 Å². The molecule has 2 heterocycles. The number of morpholine rings is 1. The van der Waals surface area contributed by atoms with Crippen LogP contribution in [0.25, 0.3) is 0 Å². The van der Waals surface area contributed by atoms with E-state index in [0.29, 0.717) is 24.5 Å². The molecule has 1 aliphatic rings. The lowest BCUT2D eigenvalue weighted by atomic mass is 10.1.